The molecule has 1 aliphatic rings. The molecule has 3 nitrogen and oxygen atoms in total. The first-order chi connectivity index (χ1) is 6.68. The highest BCUT2D eigenvalue weighted by Gasteiger charge is 2.24. The monoisotopic (exact) mass is 257 g/mol. The van der Waals surface area contributed by atoms with Crippen LogP contribution >= 0.6 is 15.9 Å². The first-order valence-corrected chi connectivity index (χ1v) is 5.55. The van der Waals surface area contributed by atoms with Gasteiger partial charge in [0.25, 0.3) is 0 Å². The number of rotatable bonds is 2. The number of halogens is 1. The summed E-state index contributed by atoms with van der Waals surface area (Å²) in [5.74, 6) is -0.515. The van der Waals surface area contributed by atoms with Crippen molar-refractivity contribution in [1.82, 2.24) is 4.98 Å². The van der Waals surface area contributed by atoms with Crippen molar-refractivity contribution in [3.05, 3.63) is 21.9 Å². The Morgan fingerprint density at radius 3 is 3.21 bits per heavy atom. The highest BCUT2D eigenvalue weighted by molar-refractivity contribution is 9.10. The standard InChI is InChI=1S/C10H12BrNO2/c11-10-7-3-1-2-6(4-9(13)14)8(7)5-12-10/h5-6,12H,1-4H2,(H,13,14). The third kappa shape index (κ3) is 1.71. The number of carboxylic acid groups (broad SMARTS) is 1. The summed E-state index contributed by atoms with van der Waals surface area (Å²) in [5.41, 5.74) is 2.45. The SMILES string of the molecule is O=C(O)CC1CCCc2c1c[nH]c2Br. The van der Waals surface area contributed by atoms with Crippen LogP contribution in [0.25, 0.3) is 0 Å². The van der Waals surface area contributed by atoms with Gasteiger partial charge in [0.2, 0.25) is 0 Å². The van der Waals surface area contributed by atoms with Gasteiger partial charge in [0, 0.05) is 6.20 Å². The molecule has 0 saturated carbocycles. The van der Waals surface area contributed by atoms with Crippen LogP contribution in [0.4, 0.5) is 0 Å². The number of aliphatic carboxylic acids is 1. The van der Waals surface area contributed by atoms with Crippen molar-refractivity contribution >= 4 is 21.9 Å². The minimum atomic E-state index is -0.708. The topological polar surface area (TPSA) is 53.1 Å². The molecule has 0 bridgehead atoms. The van der Waals surface area contributed by atoms with Gasteiger partial charge in [-0.3, -0.25) is 4.79 Å². The number of hydrogen-bond acceptors (Lipinski definition) is 1. The summed E-state index contributed by atoms with van der Waals surface area (Å²) in [4.78, 5) is 13.8. The number of aromatic amines is 1. The second kappa shape index (κ2) is 3.77. The highest BCUT2D eigenvalue weighted by Crippen LogP contribution is 2.37. The van der Waals surface area contributed by atoms with Crippen LogP contribution in [0.3, 0.4) is 0 Å². The molecule has 0 radical (unpaired) electrons. The molecule has 0 aromatic carbocycles. The number of nitrogens with one attached hydrogen (secondary N) is 1. The first kappa shape index (κ1) is 9.77. The van der Waals surface area contributed by atoms with Crippen molar-refractivity contribution in [3.8, 4) is 0 Å². The van der Waals surface area contributed by atoms with Gasteiger partial charge < -0.3 is 10.1 Å². The van der Waals surface area contributed by atoms with Gasteiger partial charge in [0.05, 0.1) is 11.0 Å². The van der Waals surface area contributed by atoms with Crippen LogP contribution in [0.2, 0.25) is 0 Å². The fraction of sp³-hybridized carbons (Fsp3) is 0.500. The van der Waals surface area contributed by atoms with Gasteiger partial charge in [0.1, 0.15) is 0 Å². The molecule has 1 heterocycles. The van der Waals surface area contributed by atoms with Crippen molar-refractivity contribution in [3.63, 3.8) is 0 Å². The maximum Gasteiger partial charge on any atom is 0.303 e. The quantitative estimate of drug-likeness (QED) is 0.856. The zero-order chi connectivity index (χ0) is 10.1. The van der Waals surface area contributed by atoms with E-state index >= 15 is 0 Å². The maximum atomic E-state index is 10.7. The predicted molar refractivity (Wildman–Crippen MR) is 56.4 cm³/mol. The summed E-state index contributed by atoms with van der Waals surface area (Å²) in [6.07, 6.45) is 5.31. The van der Waals surface area contributed by atoms with E-state index in [1.807, 2.05) is 6.20 Å². The molecule has 1 atom stereocenters. The second-order valence-electron chi connectivity index (χ2n) is 3.72. The molecule has 14 heavy (non-hydrogen) atoms. The largest absolute Gasteiger partial charge is 0.481 e. The molecular formula is C10H12BrNO2. The summed E-state index contributed by atoms with van der Waals surface area (Å²) in [6, 6.07) is 0. The molecule has 0 aliphatic heterocycles. The summed E-state index contributed by atoms with van der Waals surface area (Å²) in [5, 5.41) is 8.78. The van der Waals surface area contributed by atoms with E-state index in [2.05, 4.69) is 20.9 Å². The van der Waals surface area contributed by atoms with Crippen molar-refractivity contribution in [1.29, 1.82) is 0 Å². The Morgan fingerprint density at radius 1 is 1.71 bits per heavy atom. The van der Waals surface area contributed by atoms with Crippen LogP contribution in [0.1, 0.15) is 36.3 Å². The summed E-state index contributed by atoms with van der Waals surface area (Å²) >= 11 is 3.44. The molecule has 2 rings (SSSR count). The number of fused-ring (bicyclic) bond motifs is 1. The van der Waals surface area contributed by atoms with E-state index in [0.29, 0.717) is 0 Å². The Balaban J connectivity index is 2.27. The molecule has 1 aliphatic carbocycles. The average Bonchev–Trinajstić information content (AvgIpc) is 2.49. The molecule has 1 unspecified atom stereocenters. The number of H-pyrrole nitrogens is 1. The van der Waals surface area contributed by atoms with Gasteiger partial charge in [-0.15, -0.1) is 0 Å². The minimum absolute atomic E-state index is 0.193. The van der Waals surface area contributed by atoms with Crippen molar-refractivity contribution < 1.29 is 9.90 Å². The van der Waals surface area contributed by atoms with E-state index in [1.54, 1.807) is 0 Å². The zero-order valence-electron chi connectivity index (χ0n) is 7.72. The third-order valence-electron chi connectivity index (χ3n) is 2.81. The molecule has 0 spiro atoms. The smallest absolute Gasteiger partial charge is 0.303 e. The molecule has 2 N–H and O–H groups in total. The number of carboxylic acids is 1. The van der Waals surface area contributed by atoms with Crippen LogP contribution in [0.15, 0.2) is 10.8 Å². The van der Waals surface area contributed by atoms with E-state index in [-0.39, 0.29) is 12.3 Å². The number of hydrogen-bond donors (Lipinski definition) is 2. The van der Waals surface area contributed by atoms with Gasteiger partial charge in [0.15, 0.2) is 0 Å². The molecule has 76 valence electrons. The molecule has 1 aromatic rings. The van der Waals surface area contributed by atoms with E-state index in [9.17, 15) is 4.79 Å². The Hall–Kier alpha value is -0.770. The van der Waals surface area contributed by atoms with Gasteiger partial charge in [-0.1, -0.05) is 0 Å². The van der Waals surface area contributed by atoms with Crippen LogP contribution in [0.5, 0.6) is 0 Å². The molecule has 0 saturated heterocycles. The van der Waals surface area contributed by atoms with Gasteiger partial charge in [-0.25, -0.2) is 0 Å². The van der Waals surface area contributed by atoms with Crippen molar-refractivity contribution in [2.24, 2.45) is 0 Å². The van der Waals surface area contributed by atoms with Crippen LogP contribution < -0.4 is 0 Å². The van der Waals surface area contributed by atoms with Crippen molar-refractivity contribution in [2.75, 3.05) is 0 Å². The lowest BCUT2D eigenvalue weighted by Gasteiger charge is -2.20. The lowest BCUT2D eigenvalue weighted by atomic mass is 9.84. The Morgan fingerprint density at radius 2 is 2.50 bits per heavy atom. The summed E-state index contributed by atoms with van der Waals surface area (Å²) < 4.78 is 1.02. The van der Waals surface area contributed by atoms with Gasteiger partial charge >= 0.3 is 5.97 Å². The fourth-order valence-electron chi connectivity index (χ4n) is 2.16. The molecular weight excluding hydrogens is 246 g/mol. The molecule has 0 fully saturated rings. The highest BCUT2D eigenvalue weighted by atomic mass is 79.9. The first-order valence-electron chi connectivity index (χ1n) is 4.76. The average molecular weight is 258 g/mol. The van der Waals surface area contributed by atoms with E-state index in [1.165, 1.54) is 11.1 Å². The lowest BCUT2D eigenvalue weighted by Crippen LogP contribution is -2.12. The maximum absolute atomic E-state index is 10.7. The predicted octanol–water partition coefficient (Wildman–Crippen LogP) is 2.67. The van der Waals surface area contributed by atoms with E-state index < -0.39 is 5.97 Å². The van der Waals surface area contributed by atoms with E-state index in [4.69, 9.17) is 5.11 Å². The summed E-state index contributed by atoms with van der Waals surface area (Å²) in [6.45, 7) is 0. The van der Waals surface area contributed by atoms with Gasteiger partial charge in [-0.2, -0.15) is 0 Å². The Kier molecular flexibility index (Phi) is 2.63. The third-order valence-corrected chi connectivity index (χ3v) is 3.52. The molecule has 1 aromatic heterocycles. The van der Waals surface area contributed by atoms with Crippen LogP contribution in [-0.4, -0.2) is 16.1 Å². The van der Waals surface area contributed by atoms with E-state index in [0.717, 1.165) is 23.9 Å². The van der Waals surface area contributed by atoms with Crippen LogP contribution in [-0.2, 0) is 11.2 Å². The minimum Gasteiger partial charge on any atom is -0.481 e. The molecule has 0 amide bonds. The number of aromatic nitrogens is 1. The van der Waals surface area contributed by atoms with Crippen molar-refractivity contribution in [2.45, 2.75) is 31.6 Å². The summed E-state index contributed by atoms with van der Waals surface area (Å²) in [7, 11) is 0. The van der Waals surface area contributed by atoms with Crippen LogP contribution in [0, 0.1) is 0 Å². The fourth-order valence-corrected chi connectivity index (χ4v) is 2.71. The molecule has 4 heteroatoms. The Labute approximate surface area is 90.6 Å². The van der Waals surface area contributed by atoms with Gasteiger partial charge in [-0.05, 0) is 52.2 Å². The normalized spacial score (nSPS) is 20.5. The Bertz CT molecular complexity index is 359. The second-order valence-corrected chi connectivity index (χ2v) is 4.52. The number of carbonyl (C=O) groups is 1. The zero-order valence-corrected chi connectivity index (χ0v) is 9.30. The lowest BCUT2D eigenvalue weighted by molar-refractivity contribution is -0.137.